The average Bonchev–Trinajstić information content (AvgIpc) is 3.79. The van der Waals surface area contributed by atoms with Crippen LogP contribution in [0.3, 0.4) is 0 Å². The lowest BCUT2D eigenvalue weighted by Crippen LogP contribution is -2.67. The Hall–Kier alpha value is -4.18. The van der Waals surface area contributed by atoms with Gasteiger partial charge < -0.3 is 19.8 Å². The van der Waals surface area contributed by atoms with Crippen molar-refractivity contribution in [1.29, 1.82) is 0 Å². The fourth-order valence-corrected chi connectivity index (χ4v) is 12.7. The zero-order valence-corrected chi connectivity index (χ0v) is 32.1. The van der Waals surface area contributed by atoms with Gasteiger partial charge in [0.05, 0.1) is 18.2 Å². The van der Waals surface area contributed by atoms with Crippen molar-refractivity contribution in [3.8, 4) is 5.75 Å². The number of carbonyl (C=O) groups excluding carboxylic acids is 2. The number of thiophene rings is 1. The highest BCUT2D eigenvalue weighted by atomic mass is 32.1. The third-order valence-electron chi connectivity index (χ3n) is 15.0. The van der Waals surface area contributed by atoms with Gasteiger partial charge in [-0.15, -0.1) is 11.3 Å². The molecule has 0 radical (unpaired) electrons. The first-order valence-electron chi connectivity index (χ1n) is 19.6. The Morgan fingerprint density at radius 3 is 2.42 bits per heavy atom. The molecule has 3 saturated carbocycles. The molecule has 8 atom stereocenters. The summed E-state index contributed by atoms with van der Waals surface area (Å²) < 4.78 is 34.8. The van der Waals surface area contributed by atoms with Gasteiger partial charge in [-0.1, -0.05) is 68.5 Å². The Morgan fingerprint density at radius 2 is 1.64 bits per heavy atom. The molecule has 1 aromatic heterocycles. The zero-order valence-electron chi connectivity index (χ0n) is 31.3. The summed E-state index contributed by atoms with van der Waals surface area (Å²) >= 11 is 1.62. The van der Waals surface area contributed by atoms with E-state index in [1.165, 1.54) is 6.07 Å². The Balaban J connectivity index is 1.08. The maximum Gasteiger partial charge on any atom is 0.415 e. The largest absolute Gasteiger partial charge is 0.415 e. The second-order valence-electron chi connectivity index (χ2n) is 17.4. The number of nitrogens with zero attached hydrogens (tertiary/aromatic N) is 1. The lowest BCUT2D eigenvalue weighted by Gasteiger charge is -2.71. The van der Waals surface area contributed by atoms with Crippen molar-refractivity contribution in [3.63, 3.8) is 0 Å². The molecule has 1 amide bonds. The number of allylic oxidation sites excluding steroid dienone is 4. The molecule has 0 saturated heterocycles. The summed E-state index contributed by atoms with van der Waals surface area (Å²) in [5, 5.41) is 28.1. The molecule has 0 aliphatic heterocycles. The van der Waals surface area contributed by atoms with Crippen LogP contribution in [0.4, 0.5) is 13.6 Å². The summed E-state index contributed by atoms with van der Waals surface area (Å²) in [6, 6.07) is 20.8. The maximum absolute atomic E-state index is 14.7. The van der Waals surface area contributed by atoms with Crippen LogP contribution in [-0.2, 0) is 6.42 Å². The first-order chi connectivity index (χ1) is 26.3. The minimum atomic E-state index is -1.31. The molecule has 55 heavy (non-hydrogen) atoms. The molecule has 2 spiro atoms. The molecule has 1 heterocycles. The summed E-state index contributed by atoms with van der Waals surface area (Å²) in [5.41, 5.74) is -2.98. The topological polar surface area (TPSA) is 87.1 Å². The Labute approximate surface area is 324 Å². The van der Waals surface area contributed by atoms with E-state index in [1.807, 2.05) is 53.9 Å². The highest BCUT2D eigenvalue weighted by Crippen LogP contribution is 2.78. The number of hydrogen-bond donors (Lipinski definition) is 2. The van der Waals surface area contributed by atoms with Crippen molar-refractivity contribution in [2.24, 2.45) is 33.5 Å². The first kappa shape index (κ1) is 36.5. The Bertz CT molecular complexity index is 2260. The quantitative estimate of drug-likeness (QED) is 0.138. The molecule has 9 heteroatoms. The number of aliphatic hydroxyl groups is 2. The Kier molecular flexibility index (Phi) is 8.57. The van der Waals surface area contributed by atoms with E-state index in [4.69, 9.17) is 4.74 Å². The van der Waals surface area contributed by atoms with Crippen LogP contribution in [0.5, 0.6) is 5.75 Å². The number of aliphatic hydroxyl groups excluding tert-OH is 1. The van der Waals surface area contributed by atoms with Gasteiger partial charge in [-0.25, -0.2) is 13.6 Å². The number of benzene rings is 3. The lowest BCUT2D eigenvalue weighted by atomic mass is 9.32. The fraction of sp³-hybridized carbons (Fsp3) is 0.435. The van der Waals surface area contributed by atoms with E-state index in [9.17, 15) is 28.6 Å². The minimum absolute atomic E-state index is 0.0278. The zero-order chi connectivity index (χ0) is 38.4. The second kappa shape index (κ2) is 12.9. The molecule has 6 aliphatic rings. The molecule has 6 nitrogen and oxygen atoms in total. The maximum atomic E-state index is 14.7. The SMILES string of the molecule is C[C@]12CC[C@H]3[C@]4(C=C[C@@]5(C=C4C(=O)c4ccc(F)c(F)c4)CC(O)CC[C@]35C)[C@@H]1CC[C@@]2(O)CN(CCc1cccs1)C(=O)Oc1ccc2ccccc2c1. The van der Waals surface area contributed by atoms with Gasteiger partial charge in [0.25, 0.3) is 0 Å². The molecule has 2 N–H and O–H groups in total. The summed E-state index contributed by atoms with van der Waals surface area (Å²) in [4.78, 5) is 31.7. The predicted octanol–water partition coefficient (Wildman–Crippen LogP) is 9.70. The number of rotatable bonds is 8. The van der Waals surface area contributed by atoms with E-state index >= 15 is 0 Å². The van der Waals surface area contributed by atoms with Crippen LogP contribution in [0.25, 0.3) is 10.8 Å². The molecule has 6 aliphatic carbocycles. The van der Waals surface area contributed by atoms with E-state index in [0.717, 1.165) is 40.6 Å². The smallest absolute Gasteiger partial charge is 0.410 e. The number of carbonyl (C=O) groups is 2. The molecule has 1 unspecified atom stereocenters. The molecule has 3 aromatic carbocycles. The van der Waals surface area contributed by atoms with Gasteiger partial charge in [-0.2, -0.15) is 0 Å². The average molecular weight is 764 g/mol. The van der Waals surface area contributed by atoms with E-state index in [1.54, 1.807) is 22.3 Å². The van der Waals surface area contributed by atoms with E-state index in [2.05, 4.69) is 32.1 Å². The van der Waals surface area contributed by atoms with Gasteiger partial charge in [0.1, 0.15) is 5.75 Å². The number of ether oxygens (including phenoxy) is 1. The van der Waals surface area contributed by atoms with Crippen molar-refractivity contribution in [3.05, 3.63) is 124 Å². The summed E-state index contributed by atoms with van der Waals surface area (Å²) in [6.45, 7) is 4.84. The third kappa shape index (κ3) is 5.43. The normalized spacial score (nSPS) is 34.4. The Morgan fingerprint density at radius 1 is 0.873 bits per heavy atom. The van der Waals surface area contributed by atoms with Gasteiger partial charge in [-0.3, -0.25) is 4.79 Å². The van der Waals surface area contributed by atoms with Gasteiger partial charge in [0.15, 0.2) is 17.4 Å². The number of ketones is 1. The molecular weight excluding hydrogens is 717 g/mol. The minimum Gasteiger partial charge on any atom is -0.410 e. The summed E-state index contributed by atoms with van der Waals surface area (Å²) in [7, 11) is 0. The molecule has 10 rings (SSSR count). The van der Waals surface area contributed by atoms with Crippen LogP contribution in [0.1, 0.15) is 74.0 Å². The summed E-state index contributed by atoms with van der Waals surface area (Å²) in [6.07, 6.45) is 10.4. The number of hydrogen-bond acceptors (Lipinski definition) is 6. The van der Waals surface area contributed by atoms with Crippen LogP contribution >= 0.6 is 11.3 Å². The van der Waals surface area contributed by atoms with Crippen molar-refractivity contribution in [2.45, 2.75) is 76.9 Å². The summed E-state index contributed by atoms with van der Waals surface area (Å²) in [5.74, 6) is -2.15. The number of amides is 1. The monoisotopic (exact) mass is 763 g/mol. The highest BCUT2D eigenvalue weighted by Gasteiger charge is 2.74. The molecular formula is C46H47F2NO5S. The third-order valence-corrected chi connectivity index (χ3v) is 15.9. The van der Waals surface area contributed by atoms with Gasteiger partial charge >= 0.3 is 6.09 Å². The van der Waals surface area contributed by atoms with Crippen LogP contribution in [0, 0.1) is 45.1 Å². The van der Waals surface area contributed by atoms with Gasteiger partial charge in [0.2, 0.25) is 0 Å². The van der Waals surface area contributed by atoms with Crippen molar-refractivity contribution >= 4 is 34.0 Å². The first-order valence-corrected chi connectivity index (χ1v) is 20.5. The standard InChI is InChI=1S/C46H47F2NO5S/c1-42-17-13-32(50)26-44(42)20-21-46(35(27-44)40(51)31-10-12-36(47)37(48)25-31)38(42)14-18-43(2)39(46)15-19-45(43,53)28-49(22-16-34-8-5-23-55-34)41(52)54-33-11-9-29-6-3-4-7-30(29)24-33/h3-12,20-21,23-25,27,32,38-39,50,53H,13-19,22,26,28H2,1-2H3/t32?,38-,39-,42-,43+,44+,45-,46-/m1/s1. The molecule has 4 aromatic rings. The predicted molar refractivity (Wildman–Crippen MR) is 209 cm³/mol. The van der Waals surface area contributed by atoms with Crippen molar-refractivity contribution in [2.75, 3.05) is 13.1 Å². The van der Waals surface area contributed by atoms with Gasteiger partial charge in [-0.05, 0) is 121 Å². The van der Waals surface area contributed by atoms with E-state index in [-0.39, 0.29) is 35.1 Å². The second-order valence-corrected chi connectivity index (χ2v) is 18.4. The van der Waals surface area contributed by atoms with E-state index in [0.29, 0.717) is 56.4 Å². The van der Waals surface area contributed by atoms with E-state index < -0.39 is 45.7 Å². The number of Topliss-reactive ketones (excluding diaryl/α,β-unsaturated/α-hetero) is 1. The molecule has 286 valence electrons. The molecule has 3 fully saturated rings. The van der Waals surface area contributed by atoms with Crippen molar-refractivity contribution in [1.82, 2.24) is 4.90 Å². The fourth-order valence-electron chi connectivity index (χ4n) is 12.0. The van der Waals surface area contributed by atoms with Crippen LogP contribution in [-0.4, -0.2) is 51.8 Å². The molecule has 2 bridgehead atoms. The van der Waals surface area contributed by atoms with Gasteiger partial charge in [0, 0.05) is 38.8 Å². The lowest BCUT2D eigenvalue weighted by molar-refractivity contribution is -0.175. The van der Waals surface area contributed by atoms with Crippen LogP contribution in [0.2, 0.25) is 0 Å². The number of halogens is 2. The van der Waals surface area contributed by atoms with Crippen LogP contribution in [0.15, 0.2) is 102 Å². The van der Waals surface area contributed by atoms with Crippen LogP contribution < -0.4 is 4.74 Å². The van der Waals surface area contributed by atoms with Crippen molar-refractivity contribution < 1.29 is 33.3 Å². The number of fused-ring (bicyclic) bond motifs is 2. The highest BCUT2D eigenvalue weighted by molar-refractivity contribution is 7.09.